The lowest BCUT2D eigenvalue weighted by atomic mass is 10.0. The molecule has 1 N–H and O–H groups in total. The number of nitrogens with zero attached hydrogens (tertiary/aromatic N) is 1. The Hall–Kier alpha value is 0.1000. The van der Waals surface area contributed by atoms with Gasteiger partial charge in [0.15, 0.2) is 0 Å². The molecule has 102 valence electrons. The predicted molar refractivity (Wildman–Crippen MR) is 83.2 cm³/mol. The third-order valence-electron chi connectivity index (χ3n) is 3.50. The van der Waals surface area contributed by atoms with Crippen LogP contribution in [0.5, 0.6) is 0 Å². The number of hydrogen-bond acceptors (Lipinski definition) is 3. The lowest BCUT2D eigenvalue weighted by molar-refractivity contribution is 0.137. The van der Waals surface area contributed by atoms with Crippen LogP contribution in [0.3, 0.4) is 0 Å². The highest BCUT2D eigenvalue weighted by atomic mass is 79.9. The molecule has 0 bridgehead atoms. The van der Waals surface area contributed by atoms with Gasteiger partial charge in [-0.1, -0.05) is 20.3 Å². The van der Waals surface area contributed by atoms with Gasteiger partial charge >= 0.3 is 0 Å². The third kappa shape index (κ3) is 4.34. The van der Waals surface area contributed by atoms with Crippen LogP contribution in [0.4, 0.5) is 0 Å². The molecule has 2 nitrogen and oxygen atoms in total. The second kappa shape index (κ2) is 7.04. The summed E-state index contributed by atoms with van der Waals surface area (Å²) in [5.41, 5.74) is 0. The molecule has 4 heteroatoms. The van der Waals surface area contributed by atoms with Gasteiger partial charge in [-0.15, -0.1) is 11.3 Å². The van der Waals surface area contributed by atoms with Gasteiger partial charge in [0.25, 0.3) is 0 Å². The zero-order valence-corrected chi connectivity index (χ0v) is 13.7. The van der Waals surface area contributed by atoms with Gasteiger partial charge < -0.3 is 5.32 Å². The second-order valence-electron chi connectivity index (χ2n) is 5.39. The maximum atomic E-state index is 3.59. The van der Waals surface area contributed by atoms with Crippen molar-refractivity contribution in [2.75, 3.05) is 13.1 Å². The Morgan fingerprint density at radius 1 is 1.44 bits per heavy atom. The fraction of sp³-hybridized carbons (Fsp3) is 0.714. The van der Waals surface area contributed by atoms with E-state index in [4.69, 9.17) is 0 Å². The Morgan fingerprint density at radius 3 is 2.94 bits per heavy atom. The van der Waals surface area contributed by atoms with E-state index < -0.39 is 0 Å². The van der Waals surface area contributed by atoms with Gasteiger partial charge in [-0.25, -0.2) is 0 Å². The molecule has 0 spiro atoms. The molecule has 1 fully saturated rings. The number of rotatable bonds is 5. The van der Waals surface area contributed by atoms with Crippen LogP contribution in [-0.4, -0.2) is 30.1 Å². The molecule has 0 amide bonds. The van der Waals surface area contributed by atoms with Gasteiger partial charge in [0.2, 0.25) is 0 Å². The monoisotopic (exact) mass is 330 g/mol. The minimum atomic E-state index is 0.588. The van der Waals surface area contributed by atoms with Crippen molar-refractivity contribution in [3.8, 4) is 0 Å². The van der Waals surface area contributed by atoms with Crippen LogP contribution in [0.1, 0.15) is 38.0 Å². The SMILES string of the molecule is CC(C)NCC1CCCCN1Cc1ccc(Br)s1. The summed E-state index contributed by atoms with van der Waals surface area (Å²) in [6.07, 6.45) is 4.08. The smallest absolute Gasteiger partial charge is 0.0701 e. The van der Waals surface area contributed by atoms with Crippen molar-refractivity contribution in [3.05, 3.63) is 20.8 Å². The van der Waals surface area contributed by atoms with Crippen LogP contribution in [-0.2, 0) is 6.54 Å². The minimum absolute atomic E-state index is 0.588. The molecule has 1 aliphatic rings. The molecular weight excluding hydrogens is 308 g/mol. The normalized spacial score (nSPS) is 21.7. The van der Waals surface area contributed by atoms with Gasteiger partial charge in [0, 0.05) is 30.1 Å². The van der Waals surface area contributed by atoms with Crippen molar-refractivity contribution >= 4 is 27.3 Å². The summed E-state index contributed by atoms with van der Waals surface area (Å²) in [7, 11) is 0. The number of piperidine rings is 1. The average molecular weight is 331 g/mol. The van der Waals surface area contributed by atoms with Gasteiger partial charge in [-0.2, -0.15) is 0 Å². The van der Waals surface area contributed by atoms with E-state index in [0.29, 0.717) is 12.1 Å². The van der Waals surface area contributed by atoms with Crippen LogP contribution < -0.4 is 5.32 Å². The molecule has 0 aromatic carbocycles. The highest BCUT2D eigenvalue weighted by Crippen LogP contribution is 2.26. The minimum Gasteiger partial charge on any atom is -0.313 e. The molecule has 1 unspecified atom stereocenters. The van der Waals surface area contributed by atoms with Gasteiger partial charge in [-0.3, -0.25) is 4.90 Å². The quantitative estimate of drug-likeness (QED) is 0.881. The topological polar surface area (TPSA) is 15.3 Å². The Labute approximate surface area is 123 Å². The predicted octanol–water partition coefficient (Wildman–Crippen LogP) is 3.86. The largest absolute Gasteiger partial charge is 0.313 e. The molecule has 0 saturated carbocycles. The Kier molecular flexibility index (Phi) is 5.67. The van der Waals surface area contributed by atoms with E-state index in [-0.39, 0.29) is 0 Å². The van der Waals surface area contributed by atoms with Crippen LogP contribution >= 0.6 is 27.3 Å². The molecule has 1 aromatic heterocycles. The van der Waals surface area contributed by atoms with E-state index >= 15 is 0 Å². The summed E-state index contributed by atoms with van der Waals surface area (Å²) in [5, 5.41) is 3.59. The molecule has 2 rings (SSSR count). The summed E-state index contributed by atoms with van der Waals surface area (Å²) in [4.78, 5) is 4.12. The number of nitrogens with one attached hydrogen (secondary N) is 1. The van der Waals surface area contributed by atoms with Crippen molar-refractivity contribution in [1.82, 2.24) is 10.2 Å². The zero-order valence-electron chi connectivity index (χ0n) is 11.3. The zero-order chi connectivity index (χ0) is 13.0. The van der Waals surface area contributed by atoms with Gasteiger partial charge in [-0.05, 0) is 47.4 Å². The summed E-state index contributed by atoms with van der Waals surface area (Å²) >= 11 is 5.41. The van der Waals surface area contributed by atoms with E-state index in [1.54, 1.807) is 0 Å². The Balaban J connectivity index is 1.90. The molecule has 0 aliphatic carbocycles. The molecule has 1 atom stereocenters. The first kappa shape index (κ1) is 14.5. The van der Waals surface area contributed by atoms with E-state index in [9.17, 15) is 0 Å². The van der Waals surface area contributed by atoms with E-state index in [1.165, 1.54) is 34.5 Å². The van der Waals surface area contributed by atoms with Gasteiger partial charge in [0.05, 0.1) is 3.79 Å². The summed E-state index contributed by atoms with van der Waals surface area (Å²) in [5.74, 6) is 0. The molecule has 1 aliphatic heterocycles. The summed E-state index contributed by atoms with van der Waals surface area (Å²) < 4.78 is 1.24. The molecule has 0 radical (unpaired) electrons. The van der Waals surface area contributed by atoms with E-state index in [0.717, 1.165) is 13.1 Å². The van der Waals surface area contributed by atoms with Crippen molar-refractivity contribution in [2.24, 2.45) is 0 Å². The molecule has 18 heavy (non-hydrogen) atoms. The summed E-state index contributed by atoms with van der Waals surface area (Å²) in [6.45, 7) is 7.94. The summed E-state index contributed by atoms with van der Waals surface area (Å²) in [6, 6.07) is 5.70. The second-order valence-corrected chi connectivity index (χ2v) is 7.94. The first-order valence-electron chi connectivity index (χ1n) is 6.87. The van der Waals surface area contributed by atoms with Crippen molar-refractivity contribution in [1.29, 1.82) is 0 Å². The Morgan fingerprint density at radius 2 is 2.28 bits per heavy atom. The van der Waals surface area contributed by atoms with Crippen LogP contribution in [0.15, 0.2) is 15.9 Å². The first-order valence-corrected chi connectivity index (χ1v) is 8.48. The van der Waals surface area contributed by atoms with E-state index in [2.05, 4.69) is 52.1 Å². The maximum Gasteiger partial charge on any atom is 0.0701 e. The molecule has 2 heterocycles. The van der Waals surface area contributed by atoms with Crippen molar-refractivity contribution in [2.45, 2.75) is 51.7 Å². The van der Waals surface area contributed by atoms with Crippen LogP contribution in [0, 0.1) is 0 Å². The number of likely N-dealkylation sites (tertiary alicyclic amines) is 1. The van der Waals surface area contributed by atoms with E-state index in [1.807, 2.05) is 11.3 Å². The molecule has 1 aromatic rings. The Bertz CT molecular complexity index is 364. The van der Waals surface area contributed by atoms with Gasteiger partial charge in [0.1, 0.15) is 0 Å². The lowest BCUT2D eigenvalue weighted by Gasteiger charge is -2.36. The van der Waals surface area contributed by atoms with Crippen molar-refractivity contribution in [3.63, 3.8) is 0 Å². The highest BCUT2D eigenvalue weighted by Gasteiger charge is 2.22. The average Bonchev–Trinajstić information content (AvgIpc) is 2.73. The van der Waals surface area contributed by atoms with Crippen molar-refractivity contribution < 1.29 is 0 Å². The number of thiophene rings is 1. The standard InChI is InChI=1S/C14H23BrN2S/c1-11(2)16-9-12-5-3-4-8-17(12)10-13-6-7-14(15)18-13/h6-7,11-12,16H,3-5,8-10H2,1-2H3. The third-order valence-corrected chi connectivity index (χ3v) is 5.11. The van der Waals surface area contributed by atoms with Crippen LogP contribution in [0.2, 0.25) is 0 Å². The van der Waals surface area contributed by atoms with Crippen LogP contribution in [0.25, 0.3) is 0 Å². The fourth-order valence-electron chi connectivity index (χ4n) is 2.51. The number of halogens is 1. The first-order chi connectivity index (χ1) is 8.65. The molecule has 1 saturated heterocycles. The number of hydrogen-bond donors (Lipinski definition) is 1. The lowest BCUT2D eigenvalue weighted by Crippen LogP contribution is -2.46. The molecular formula is C14H23BrN2S. The highest BCUT2D eigenvalue weighted by molar-refractivity contribution is 9.11. The maximum absolute atomic E-state index is 3.59. The fourth-order valence-corrected chi connectivity index (χ4v) is 4.02.